The molecule has 4 heteroatoms. The van der Waals surface area contributed by atoms with Gasteiger partial charge in [0.25, 0.3) is 0 Å². The summed E-state index contributed by atoms with van der Waals surface area (Å²) in [5, 5.41) is 18.5. The lowest BCUT2D eigenvalue weighted by Gasteiger charge is -2.20. The molecule has 1 unspecified atom stereocenters. The zero-order valence-corrected chi connectivity index (χ0v) is 11.2. The second-order valence-electron chi connectivity index (χ2n) is 5.19. The van der Waals surface area contributed by atoms with Crippen molar-refractivity contribution in [2.45, 2.75) is 12.3 Å². The summed E-state index contributed by atoms with van der Waals surface area (Å²) in [6.07, 6.45) is -0.386. The summed E-state index contributed by atoms with van der Waals surface area (Å²) in [6.45, 7) is 0. The Hall–Kier alpha value is -2.62. The van der Waals surface area contributed by atoms with E-state index in [2.05, 4.69) is 0 Å². The first kappa shape index (κ1) is 13.4. The minimum absolute atomic E-state index is 0.386. The summed E-state index contributed by atoms with van der Waals surface area (Å²) >= 11 is 0. The quantitative estimate of drug-likeness (QED) is 0.904. The molecule has 0 amide bonds. The lowest BCUT2D eigenvalue weighted by Crippen LogP contribution is -2.24. The van der Waals surface area contributed by atoms with Crippen molar-refractivity contribution in [3.8, 4) is 11.1 Å². The molecule has 0 aromatic heterocycles. The van der Waals surface area contributed by atoms with Crippen molar-refractivity contribution in [2.24, 2.45) is 5.92 Å². The van der Waals surface area contributed by atoms with Gasteiger partial charge in [-0.2, -0.15) is 0 Å². The molecule has 4 nitrogen and oxygen atoms in total. The van der Waals surface area contributed by atoms with E-state index in [1.807, 2.05) is 48.5 Å². The zero-order chi connectivity index (χ0) is 15.0. The first-order valence-electron chi connectivity index (χ1n) is 6.72. The van der Waals surface area contributed by atoms with E-state index in [1.165, 1.54) is 0 Å². The summed E-state index contributed by atoms with van der Waals surface area (Å²) in [6, 6.07) is 15.2. The van der Waals surface area contributed by atoms with Gasteiger partial charge >= 0.3 is 11.9 Å². The Kier molecular flexibility index (Phi) is 3.22. The van der Waals surface area contributed by atoms with E-state index >= 15 is 0 Å². The lowest BCUT2D eigenvalue weighted by atomic mass is 9.82. The Morgan fingerprint density at radius 3 is 1.81 bits per heavy atom. The molecule has 0 bridgehead atoms. The highest BCUT2D eigenvalue weighted by Gasteiger charge is 2.38. The summed E-state index contributed by atoms with van der Waals surface area (Å²) in [7, 11) is 0. The van der Waals surface area contributed by atoms with E-state index in [9.17, 15) is 14.7 Å². The highest BCUT2D eigenvalue weighted by Crippen LogP contribution is 2.48. The zero-order valence-electron chi connectivity index (χ0n) is 11.2. The normalized spacial score (nSPS) is 14.3. The van der Waals surface area contributed by atoms with E-state index in [0.29, 0.717) is 0 Å². The molecule has 106 valence electrons. The van der Waals surface area contributed by atoms with Gasteiger partial charge in [-0.05, 0) is 22.3 Å². The maximum Gasteiger partial charge on any atom is 0.308 e. The van der Waals surface area contributed by atoms with Gasteiger partial charge in [-0.1, -0.05) is 48.5 Å². The van der Waals surface area contributed by atoms with Crippen LogP contribution in [0.5, 0.6) is 0 Å². The molecular weight excluding hydrogens is 268 g/mol. The summed E-state index contributed by atoms with van der Waals surface area (Å²) in [5.74, 6) is -3.54. The van der Waals surface area contributed by atoms with Crippen molar-refractivity contribution in [3.63, 3.8) is 0 Å². The molecule has 0 saturated heterocycles. The molecule has 3 rings (SSSR count). The van der Waals surface area contributed by atoms with Crippen LogP contribution in [0.3, 0.4) is 0 Å². The minimum atomic E-state index is -1.09. The van der Waals surface area contributed by atoms with Gasteiger partial charge in [-0.15, -0.1) is 0 Å². The monoisotopic (exact) mass is 282 g/mol. The van der Waals surface area contributed by atoms with Crippen LogP contribution in [0, 0.1) is 5.92 Å². The summed E-state index contributed by atoms with van der Waals surface area (Å²) in [5.41, 5.74) is 3.78. The van der Waals surface area contributed by atoms with Gasteiger partial charge in [-0.25, -0.2) is 0 Å². The van der Waals surface area contributed by atoms with Crippen molar-refractivity contribution >= 4 is 11.9 Å². The van der Waals surface area contributed by atoms with Crippen molar-refractivity contribution in [3.05, 3.63) is 59.7 Å². The molecule has 0 heterocycles. The van der Waals surface area contributed by atoms with Crippen molar-refractivity contribution in [2.75, 3.05) is 0 Å². The van der Waals surface area contributed by atoms with Crippen LogP contribution in [0.1, 0.15) is 23.5 Å². The van der Waals surface area contributed by atoms with Crippen LogP contribution >= 0.6 is 0 Å². The number of benzene rings is 2. The van der Waals surface area contributed by atoms with E-state index in [0.717, 1.165) is 22.3 Å². The number of carboxylic acid groups (broad SMARTS) is 2. The van der Waals surface area contributed by atoms with Gasteiger partial charge in [-0.3, -0.25) is 9.59 Å². The largest absolute Gasteiger partial charge is 0.481 e. The van der Waals surface area contributed by atoms with E-state index in [1.54, 1.807) is 0 Å². The first-order valence-corrected chi connectivity index (χ1v) is 6.72. The van der Waals surface area contributed by atoms with Gasteiger partial charge in [0, 0.05) is 5.92 Å². The van der Waals surface area contributed by atoms with Gasteiger partial charge in [0.15, 0.2) is 0 Å². The third-order valence-corrected chi connectivity index (χ3v) is 4.00. The smallest absolute Gasteiger partial charge is 0.308 e. The highest BCUT2D eigenvalue weighted by molar-refractivity contribution is 5.85. The molecule has 2 aromatic rings. The van der Waals surface area contributed by atoms with Gasteiger partial charge in [0.1, 0.15) is 0 Å². The summed E-state index contributed by atoms with van der Waals surface area (Å²) in [4.78, 5) is 22.6. The van der Waals surface area contributed by atoms with Crippen LogP contribution in [0.25, 0.3) is 11.1 Å². The Morgan fingerprint density at radius 2 is 1.38 bits per heavy atom. The number of aliphatic carboxylic acids is 2. The molecule has 0 fully saturated rings. The maximum absolute atomic E-state index is 11.6. The Balaban J connectivity index is 2.17. The van der Waals surface area contributed by atoms with Crippen LogP contribution in [-0.2, 0) is 9.59 Å². The predicted octanol–water partition coefficient (Wildman–Crippen LogP) is 2.97. The third-order valence-electron chi connectivity index (χ3n) is 4.00. The number of carboxylic acids is 2. The van der Waals surface area contributed by atoms with Crippen molar-refractivity contribution in [1.29, 1.82) is 0 Å². The SMILES string of the molecule is O=C(O)CC(C(=O)O)C1c2ccccc2-c2ccccc21. The standard InChI is InChI=1S/C17H14O4/c18-15(19)9-14(17(20)21)16-12-7-3-1-5-10(12)11-6-2-4-8-13(11)16/h1-8,14,16H,9H2,(H,18,19)(H,20,21). The molecule has 2 aromatic carbocycles. The number of rotatable bonds is 4. The van der Waals surface area contributed by atoms with Crippen molar-refractivity contribution < 1.29 is 19.8 Å². The molecule has 1 aliphatic carbocycles. The van der Waals surface area contributed by atoms with Gasteiger partial charge in [0.05, 0.1) is 12.3 Å². The van der Waals surface area contributed by atoms with Gasteiger partial charge in [0.2, 0.25) is 0 Å². The van der Waals surface area contributed by atoms with Crippen molar-refractivity contribution in [1.82, 2.24) is 0 Å². The average Bonchev–Trinajstić information content (AvgIpc) is 2.79. The van der Waals surface area contributed by atoms with Crippen LogP contribution in [0.2, 0.25) is 0 Å². The Morgan fingerprint density at radius 1 is 0.905 bits per heavy atom. The summed E-state index contributed by atoms with van der Waals surface area (Å²) < 4.78 is 0. The molecule has 0 radical (unpaired) electrons. The first-order chi connectivity index (χ1) is 10.1. The minimum Gasteiger partial charge on any atom is -0.481 e. The van der Waals surface area contributed by atoms with Crippen LogP contribution < -0.4 is 0 Å². The molecule has 0 spiro atoms. The fourth-order valence-electron chi connectivity index (χ4n) is 3.16. The lowest BCUT2D eigenvalue weighted by molar-refractivity contribution is -0.148. The van der Waals surface area contributed by atoms with Crippen LogP contribution in [0.15, 0.2) is 48.5 Å². The second-order valence-corrected chi connectivity index (χ2v) is 5.19. The van der Waals surface area contributed by atoms with Crippen LogP contribution in [0.4, 0.5) is 0 Å². The molecule has 2 N–H and O–H groups in total. The number of hydrogen-bond donors (Lipinski definition) is 2. The molecule has 0 saturated carbocycles. The Bertz CT molecular complexity index is 675. The molecular formula is C17H14O4. The Labute approximate surface area is 121 Å². The predicted molar refractivity (Wildman–Crippen MR) is 77.1 cm³/mol. The van der Waals surface area contributed by atoms with Crippen LogP contribution in [-0.4, -0.2) is 22.2 Å². The highest BCUT2D eigenvalue weighted by atomic mass is 16.4. The molecule has 1 atom stereocenters. The maximum atomic E-state index is 11.6. The third kappa shape index (κ3) is 2.18. The fourth-order valence-corrected chi connectivity index (χ4v) is 3.16. The van der Waals surface area contributed by atoms with E-state index in [-0.39, 0.29) is 6.42 Å². The second kappa shape index (κ2) is 5.05. The number of fused-ring (bicyclic) bond motifs is 3. The number of carbonyl (C=O) groups is 2. The number of hydrogen-bond acceptors (Lipinski definition) is 2. The van der Waals surface area contributed by atoms with E-state index < -0.39 is 23.8 Å². The topological polar surface area (TPSA) is 74.6 Å². The molecule has 21 heavy (non-hydrogen) atoms. The van der Waals surface area contributed by atoms with Gasteiger partial charge < -0.3 is 10.2 Å². The van der Waals surface area contributed by atoms with E-state index in [4.69, 9.17) is 5.11 Å². The average molecular weight is 282 g/mol. The molecule has 1 aliphatic rings. The fraction of sp³-hybridized carbons (Fsp3) is 0.176. The molecule has 0 aliphatic heterocycles.